The number of nitrogens with two attached hydrogens (primary N) is 1. The van der Waals surface area contributed by atoms with Crippen LogP contribution in [-0.4, -0.2) is 13.0 Å². The number of fused-ring (bicyclic) bond motifs is 1. The van der Waals surface area contributed by atoms with Crippen molar-refractivity contribution in [2.75, 3.05) is 12.4 Å². The Morgan fingerprint density at radius 2 is 1.96 bits per heavy atom. The molecule has 0 aromatic heterocycles. The number of anilines is 1. The van der Waals surface area contributed by atoms with Gasteiger partial charge < -0.3 is 15.8 Å². The zero-order valence-corrected chi connectivity index (χ0v) is 13.7. The zero-order valence-electron chi connectivity index (χ0n) is 13.7. The summed E-state index contributed by atoms with van der Waals surface area (Å²) in [5, 5.41) is 3.00. The molecule has 0 radical (unpaired) electrons. The molecule has 2 aromatic rings. The monoisotopic (exact) mass is 310 g/mol. The Kier molecular flexibility index (Phi) is 4.09. The van der Waals surface area contributed by atoms with Gasteiger partial charge in [0, 0.05) is 5.69 Å². The summed E-state index contributed by atoms with van der Waals surface area (Å²) in [4.78, 5) is 12.1. The highest BCUT2D eigenvalue weighted by Gasteiger charge is 2.30. The van der Waals surface area contributed by atoms with Crippen LogP contribution in [-0.2, 0) is 11.2 Å². The van der Waals surface area contributed by atoms with E-state index in [1.165, 1.54) is 5.56 Å². The Balaban J connectivity index is 2.06. The lowest BCUT2D eigenvalue weighted by molar-refractivity contribution is -0.116. The minimum absolute atomic E-state index is 0.0384. The molecule has 4 nitrogen and oxygen atoms in total. The molecule has 3 rings (SSSR count). The van der Waals surface area contributed by atoms with Crippen LogP contribution in [0.2, 0.25) is 0 Å². The van der Waals surface area contributed by atoms with Crippen molar-refractivity contribution in [3.63, 3.8) is 0 Å². The largest absolute Gasteiger partial charge is 0.497 e. The lowest BCUT2D eigenvalue weighted by atomic mass is 9.91. The summed E-state index contributed by atoms with van der Waals surface area (Å²) in [5.41, 5.74) is 11.6. The molecule has 0 fully saturated rings. The quantitative estimate of drug-likeness (QED) is 0.910. The molecule has 4 heteroatoms. The van der Waals surface area contributed by atoms with Crippen LogP contribution in [0.5, 0.6) is 5.75 Å². The molecule has 120 valence electrons. The standard InChI is InChI=1S/C19H22N2O2/c1-4-12-9-15-11(2)19(22)21-18(15)16(10-12)17(20)13-5-7-14(23-3)8-6-13/h5-11,17H,4,20H2,1-3H3,(H,21,22). The summed E-state index contributed by atoms with van der Waals surface area (Å²) >= 11 is 0. The Bertz CT molecular complexity index is 738. The number of amides is 1. The van der Waals surface area contributed by atoms with Crippen molar-refractivity contribution in [1.29, 1.82) is 0 Å². The number of rotatable bonds is 4. The fourth-order valence-corrected chi connectivity index (χ4v) is 3.05. The lowest BCUT2D eigenvalue weighted by Crippen LogP contribution is -2.15. The average Bonchev–Trinajstić information content (AvgIpc) is 2.88. The van der Waals surface area contributed by atoms with Gasteiger partial charge in [-0.2, -0.15) is 0 Å². The Hall–Kier alpha value is -2.33. The van der Waals surface area contributed by atoms with E-state index in [0.29, 0.717) is 0 Å². The SMILES string of the molecule is CCc1cc2c(c(C(N)c3ccc(OC)cc3)c1)NC(=O)C2C. The van der Waals surface area contributed by atoms with Gasteiger partial charge in [-0.3, -0.25) is 4.79 Å². The second-order valence-corrected chi connectivity index (χ2v) is 5.96. The van der Waals surface area contributed by atoms with E-state index in [1.807, 2.05) is 31.2 Å². The normalized spacial score (nSPS) is 17.6. The number of carbonyl (C=O) groups is 1. The van der Waals surface area contributed by atoms with Crippen molar-refractivity contribution in [3.8, 4) is 5.75 Å². The van der Waals surface area contributed by atoms with Crippen LogP contribution < -0.4 is 15.8 Å². The van der Waals surface area contributed by atoms with Crippen LogP contribution in [0.4, 0.5) is 5.69 Å². The Morgan fingerprint density at radius 3 is 2.57 bits per heavy atom. The fraction of sp³-hybridized carbons (Fsp3) is 0.316. The number of carbonyl (C=O) groups excluding carboxylic acids is 1. The predicted molar refractivity (Wildman–Crippen MR) is 91.9 cm³/mol. The van der Waals surface area contributed by atoms with Gasteiger partial charge in [-0.25, -0.2) is 0 Å². The molecular formula is C19H22N2O2. The third-order valence-corrected chi connectivity index (χ3v) is 4.59. The maximum absolute atomic E-state index is 12.1. The second-order valence-electron chi connectivity index (χ2n) is 5.96. The highest BCUT2D eigenvalue weighted by Crippen LogP contribution is 2.39. The molecule has 1 aliphatic rings. The summed E-state index contributed by atoms with van der Waals surface area (Å²) in [7, 11) is 1.64. The van der Waals surface area contributed by atoms with Crippen molar-refractivity contribution in [2.24, 2.45) is 5.73 Å². The van der Waals surface area contributed by atoms with Crippen molar-refractivity contribution in [3.05, 3.63) is 58.7 Å². The van der Waals surface area contributed by atoms with E-state index < -0.39 is 0 Å². The predicted octanol–water partition coefficient (Wildman–Crippen LogP) is 3.36. The van der Waals surface area contributed by atoms with E-state index in [2.05, 4.69) is 24.4 Å². The maximum atomic E-state index is 12.1. The number of aryl methyl sites for hydroxylation is 1. The second kappa shape index (κ2) is 6.05. The van der Waals surface area contributed by atoms with Gasteiger partial charge in [0.25, 0.3) is 0 Å². The van der Waals surface area contributed by atoms with Crippen LogP contribution >= 0.6 is 0 Å². The van der Waals surface area contributed by atoms with Gasteiger partial charge >= 0.3 is 0 Å². The van der Waals surface area contributed by atoms with E-state index in [-0.39, 0.29) is 17.9 Å². The first-order valence-electron chi connectivity index (χ1n) is 7.92. The molecule has 0 saturated carbocycles. The molecule has 0 spiro atoms. The van der Waals surface area contributed by atoms with Gasteiger partial charge in [-0.15, -0.1) is 0 Å². The van der Waals surface area contributed by atoms with Crippen LogP contribution in [0.15, 0.2) is 36.4 Å². The fourth-order valence-electron chi connectivity index (χ4n) is 3.05. The van der Waals surface area contributed by atoms with Crippen LogP contribution in [0.3, 0.4) is 0 Å². The van der Waals surface area contributed by atoms with E-state index in [1.54, 1.807) is 7.11 Å². The van der Waals surface area contributed by atoms with Gasteiger partial charge in [0.15, 0.2) is 0 Å². The number of hydrogen-bond donors (Lipinski definition) is 2. The molecule has 3 N–H and O–H groups in total. The van der Waals surface area contributed by atoms with E-state index in [0.717, 1.165) is 34.5 Å². The summed E-state index contributed by atoms with van der Waals surface area (Å²) < 4.78 is 5.20. The Morgan fingerprint density at radius 1 is 1.26 bits per heavy atom. The molecule has 2 aromatic carbocycles. The van der Waals surface area contributed by atoms with Gasteiger partial charge in [-0.1, -0.05) is 31.2 Å². The smallest absolute Gasteiger partial charge is 0.231 e. The lowest BCUT2D eigenvalue weighted by Gasteiger charge is -2.18. The third kappa shape index (κ3) is 2.70. The third-order valence-electron chi connectivity index (χ3n) is 4.59. The van der Waals surface area contributed by atoms with Crippen LogP contribution in [0, 0.1) is 0 Å². The summed E-state index contributed by atoms with van der Waals surface area (Å²) in [6, 6.07) is 11.7. The molecule has 23 heavy (non-hydrogen) atoms. The molecular weight excluding hydrogens is 288 g/mol. The highest BCUT2D eigenvalue weighted by atomic mass is 16.5. The maximum Gasteiger partial charge on any atom is 0.231 e. The van der Waals surface area contributed by atoms with E-state index >= 15 is 0 Å². The van der Waals surface area contributed by atoms with Gasteiger partial charge in [0.05, 0.1) is 19.1 Å². The topological polar surface area (TPSA) is 64.3 Å². The number of benzene rings is 2. The van der Waals surface area contributed by atoms with Crippen LogP contribution in [0.1, 0.15) is 48.1 Å². The van der Waals surface area contributed by atoms with Gasteiger partial charge in [0.1, 0.15) is 5.75 Å². The van der Waals surface area contributed by atoms with E-state index in [4.69, 9.17) is 10.5 Å². The van der Waals surface area contributed by atoms with Crippen molar-refractivity contribution in [2.45, 2.75) is 32.2 Å². The number of hydrogen-bond acceptors (Lipinski definition) is 3. The van der Waals surface area contributed by atoms with Gasteiger partial charge in [-0.05, 0) is 47.7 Å². The molecule has 0 saturated heterocycles. The molecule has 0 bridgehead atoms. The summed E-state index contributed by atoms with van der Waals surface area (Å²) in [5.74, 6) is 0.713. The minimum Gasteiger partial charge on any atom is -0.497 e. The molecule has 1 amide bonds. The first-order valence-corrected chi connectivity index (χ1v) is 7.92. The molecule has 2 unspecified atom stereocenters. The number of nitrogens with one attached hydrogen (secondary N) is 1. The first-order chi connectivity index (χ1) is 11.0. The van der Waals surface area contributed by atoms with Crippen molar-refractivity contribution < 1.29 is 9.53 Å². The molecule has 2 atom stereocenters. The first kappa shape index (κ1) is 15.6. The summed E-state index contributed by atoms with van der Waals surface area (Å²) in [6.07, 6.45) is 0.913. The minimum atomic E-state index is -0.285. The van der Waals surface area contributed by atoms with Gasteiger partial charge in [0.2, 0.25) is 5.91 Å². The number of methoxy groups -OCH3 is 1. The van der Waals surface area contributed by atoms with E-state index in [9.17, 15) is 4.79 Å². The Labute approximate surface area is 136 Å². The number of ether oxygens (including phenoxy) is 1. The van der Waals surface area contributed by atoms with Crippen molar-refractivity contribution in [1.82, 2.24) is 0 Å². The molecule has 1 heterocycles. The van der Waals surface area contributed by atoms with Crippen LogP contribution in [0.25, 0.3) is 0 Å². The highest BCUT2D eigenvalue weighted by molar-refractivity contribution is 6.03. The summed E-state index contributed by atoms with van der Waals surface area (Å²) in [6.45, 7) is 4.04. The molecule has 1 aliphatic heterocycles. The van der Waals surface area contributed by atoms with Crippen molar-refractivity contribution >= 4 is 11.6 Å². The molecule has 0 aliphatic carbocycles. The average molecular weight is 310 g/mol. The zero-order chi connectivity index (χ0) is 16.6.